The third-order valence-corrected chi connectivity index (χ3v) is 3.14. The number of rotatable bonds is 9. The van der Waals surface area contributed by atoms with Gasteiger partial charge < -0.3 is 23.7 Å². The molecule has 0 spiro atoms. The molecule has 0 amide bonds. The average Bonchev–Trinajstić information content (AvgIpc) is 2.63. The van der Waals surface area contributed by atoms with Gasteiger partial charge in [0.05, 0.1) is 20.1 Å². The number of ether oxygens (including phenoxy) is 5. The summed E-state index contributed by atoms with van der Waals surface area (Å²) in [4.78, 5) is 34.1. The van der Waals surface area contributed by atoms with Crippen LogP contribution in [0.1, 0.15) is 25.8 Å². The fourth-order valence-electron chi connectivity index (χ4n) is 1.83. The smallest absolute Gasteiger partial charge is 0.461 e. The summed E-state index contributed by atoms with van der Waals surface area (Å²) < 4.78 is 23.9. The standard InChI is InChI=1S/C18H24O8/c1-13(9-16(19)23-12-15-7-5-4-6-8-15)10-24-18(21)26-14(2)11-25-17(20)22-3/h4-8,13-14H,9-12H2,1-3H3. The lowest BCUT2D eigenvalue weighted by molar-refractivity contribution is -0.146. The molecule has 26 heavy (non-hydrogen) atoms. The predicted molar refractivity (Wildman–Crippen MR) is 90.3 cm³/mol. The number of benzene rings is 1. The van der Waals surface area contributed by atoms with Crippen LogP contribution in [0.3, 0.4) is 0 Å². The molecule has 0 aliphatic carbocycles. The van der Waals surface area contributed by atoms with E-state index in [1.807, 2.05) is 30.3 Å². The molecule has 2 unspecified atom stereocenters. The molecule has 0 N–H and O–H groups in total. The zero-order valence-electron chi connectivity index (χ0n) is 15.1. The molecule has 144 valence electrons. The Morgan fingerprint density at radius 1 is 0.923 bits per heavy atom. The number of esters is 1. The molecule has 0 aliphatic rings. The highest BCUT2D eigenvalue weighted by Gasteiger charge is 2.16. The molecular formula is C18H24O8. The van der Waals surface area contributed by atoms with Crippen LogP contribution in [-0.2, 0) is 35.1 Å². The van der Waals surface area contributed by atoms with Gasteiger partial charge in [0.1, 0.15) is 19.3 Å². The molecule has 8 heteroatoms. The van der Waals surface area contributed by atoms with Crippen LogP contribution in [0.15, 0.2) is 30.3 Å². The molecule has 0 saturated heterocycles. The molecule has 0 aliphatic heterocycles. The zero-order valence-corrected chi connectivity index (χ0v) is 15.1. The molecule has 0 saturated carbocycles. The van der Waals surface area contributed by atoms with E-state index in [0.29, 0.717) is 0 Å². The minimum Gasteiger partial charge on any atom is -0.461 e. The van der Waals surface area contributed by atoms with Gasteiger partial charge in [0.2, 0.25) is 0 Å². The Morgan fingerprint density at radius 2 is 1.58 bits per heavy atom. The van der Waals surface area contributed by atoms with E-state index in [9.17, 15) is 14.4 Å². The lowest BCUT2D eigenvalue weighted by Crippen LogP contribution is -2.24. The van der Waals surface area contributed by atoms with Crippen molar-refractivity contribution in [1.82, 2.24) is 0 Å². The highest BCUT2D eigenvalue weighted by atomic mass is 16.7. The highest BCUT2D eigenvalue weighted by molar-refractivity contribution is 5.69. The molecule has 1 aromatic carbocycles. The highest BCUT2D eigenvalue weighted by Crippen LogP contribution is 2.08. The van der Waals surface area contributed by atoms with Crippen LogP contribution in [-0.4, -0.2) is 44.7 Å². The fourth-order valence-corrected chi connectivity index (χ4v) is 1.83. The average molecular weight is 368 g/mol. The number of carbonyl (C=O) groups is 3. The van der Waals surface area contributed by atoms with E-state index in [4.69, 9.17) is 14.2 Å². The first-order valence-corrected chi connectivity index (χ1v) is 8.14. The van der Waals surface area contributed by atoms with Crippen molar-refractivity contribution >= 4 is 18.3 Å². The van der Waals surface area contributed by atoms with Crippen molar-refractivity contribution in [3.05, 3.63) is 35.9 Å². The van der Waals surface area contributed by atoms with Crippen LogP contribution < -0.4 is 0 Å². The summed E-state index contributed by atoms with van der Waals surface area (Å²) in [5.74, 6) is -0.606. The summed E-state index contributed by atoms with van der Waals surface area (Å²) in [7, 11) is 1.17. The van der Waals surface area contributed by atoms with Crippen LogP contribution >= 0.6 is 0 Å². The van der Waals surface area contributed by atoms with Crippen LogP contribution in [0.5, 0.6) is 0 Å². The van der Waals surface area contributed by atoms with Gasteiger partial charge in [0, 0.05) is 5.92 Å². The van der Waals surface area contributed by atoms with Gasteiger partial charge in [-0.05, 0) is 12.5 Å². The van der Waals surface area contributed by atoms with E-state index in [0.717, 1.165) is 5.56 Å². The zero-order chi connectivity index (χ0) is 19.4. The van der Waals surface area contributed by atoms with Crippen molar-refractivity contribution in [2.75, 3.05) is 20.3 Å². The summed E-state index contributed by atoms with van der Waals surface area (Å²) in [6.07, 6.45) is -2.35. The molecule has 0 aromatic heterocycles. The summed E-state index contributed by atoms with van der Waals surface area (Å²) in [6.45, 7) is 3.34. The van der Waals surface area contributed by atoms with Gasteiger partial charge in [0.25, 0.3) is 0 Å². The van der Waals surface area contributed by atoms with Crippen LogP contribution in [0.4, 0.5) is 9.59 Å². The van der Waals surface area contributed by atoms with Crippen molar-refractivity contribution < 1.29 is 38.1 Å². The van der Waals surface area contributed by atoms with Crippen molar-refractivity contribution in [2.24, 2.45) is 5.92 Å². The number of carbonyl (C=O) groups excluding carboxylic acids is 3. The third-order valence-electron chi connectivity index (χ3n) is 3.14. The predicted octanol–water partition coefficient (Wildman–Crippen LogP) is 3.08. The third kappa shape index (κ3) is 9.51. The molecule has 2 atom stereocenters. The van der Waals surface area contributed by atoms with Crippen molar-refractivity contribution in [1.29, 1.82) is 0 Å². The monoisotopic (exact) mass is 368 g/mol. The summed E-state index contributed by atoms with van der Waals surface area (Å²) in [5, 5.41) is 0. The number of hydrogen-bond acceptors (Lipinski definition) is 8. The first-order valence-electron chi connectivity index (χ1n) is 8.14. The lowest BCUT2D eigenvalue weighted by Gasteiger charge is -2.15. The van der Waals surface area contributed by atoms with E-state index in [1.54, 1.807) is 6.92 Å². The second kappa shape index (κ2) is 11.7. The van der Waals surface area contributed by atoms with E-state index < -0.39 is 18.4 Å². The molecule has 0 bridgehead atoms. The summed E-state index contributed by atoms with van der Waals surface area (Å²) >= 11 is 0. The summed E-state index contributed by atoms with van der Waals surface area (Å²) in [5.41, 5.74) is 0.900. The second-order valence-electron chi connectivity index (χ2n) is 5.71. The molecule has 1 rings (SSSR count). The molecule has 8 nitrogen and oxygen atoms in total. The van der Waals surface area contributed by atoms with E-state index in [1.165, 1.54) is 14.0 Å². The minimum absolute atomic E-state index is 0.00382. The second-order valence-corrected chi connectivity index (χ2v) is 5.71. The van der Waals surface area contributed by atoms with Gasteiger partial charge in [-0.25, -0.2) is 9.59 Å². The van der Waals surface area contributed by atoms with Crippen molar-refractivity contribution in [2.45, 2.75) is 33.0 Å². The molecular weight excluding hydrogens is 344 g/mol. The van der Waals surface area contributed by atoms with Crippen LogP contribution in [0.2, 0.25) is 0 Å². The lowest BCUT2D eigenvalue weighted by atomic mass is 10.1. The Hall–Kier alpha value is -2.77. The molecule has 0 heterocycles. The van der Waals surface area contributed by atoms with Crippen molar-refractivity contribution in [3.8, 4) is 0 Å². The quantitative estimate of drug-likeness (QED) is 0.484. The largest absolute Gasteiger partial charge is 0.508 e. The van der Waals surface area contributed by atoms with Crippen LogP contribution in [0, 0.1) is 5.92 Å². The first kappa shape index (κ1) is 21.3. The van der Waals surface area contributed by atoms with E-state index >= 15 is 0 Å². The van der Waals surface area contributed by atoms with Gasteiger partial charge in [0.15, 0.2) is 0 Å². The first-order chi connectivity index (χ1) is 12.4. The van der Waals surface area contributed by atoms with Crippen molar-refractivity contribution in [3.63, 3.8) is 0 Å². The van der Waals surface area contributed by atoms with Gasteiger partial charge >= 0.3 is 18.3 Å². The van der Waals surface area contributed by atoms with Gasteiger partial charge in [-0.2, -0.15) is 0 Å². The SMILES string of the molecule is COC(=O)OCC(C)OC(=O)OCC(C)CC(=O)OCc1ccccc1. The topological polar surface area (TPSA) is 97.4 Å². The van der Waals surface area contributed by atoms with Gasteiger partial charge in [-0.1, -0.05) is 37.3 Å². The maximum absolute atomic E-state index is 11.8. The Kier molecular flexibility index (Phi) is 9.59. The summed E-state index contributed by atoms with van der Waals surface area (Å²) in [6, 6.07) is 9.33. The number of methoxy groups -OCH3 is 1. The Labute approximate surface area is 152 Å². The van der Waals surface area contributed by atoms with Gasteiger partial charge in [-0.3, -0.25) is 4.79 Å². The van der Waals surface area contributed by atoms with Crippen LogP contribution in [0.25, 0.3) is 0 Å². The molecule has 1 aromatic rings. The molecule has 0 fully saturated rings. The van der Waals surface area contributed by atoms with E-state index in [2.05, 4.69) is 9.47 Å². The Bertz CT molecular complexity index is 572. The number of hydrogen-bond donors (Lipinski definition) is 0. The Morgan fingerprint density at radius 3 is 2.23 bits per heavy atom. The van der Waals surface area contributed by atoms with Gasteiger partial charge in [-0.15, -0.1) is 0 Å². The molecule has 0 radical (unpaired) electrons. The normalized spacial score (nSPS) is 12.4. The maximum Gasteiger partial charge on any atom is 0.508 e. The fraction of sp³-hybridized carbons (Fsp3) is 0.500. The van der Waals surface area contributed by atoms with E-state index in [-0.39, 0.29) is 38.1 Å². The Balaban J connectivity index is 2.17. The minimum atomic E-state index is -0.907. The maximum atomic E-state index is 11.8.